The molecule has 3 rings (SSSR count). The van der Waals surface area contributed by atoms with Gasteiger partial charge in [0.25, 0.3) is 5.56 Å². The Balaban J connectivity index is 1.50. The van der Waals surface area contributed by atoms with Gasteiger partial charge in [-0.2, -0.15) is 5.10 Å². The Kier molecular flexibility index (Phi) is 5.89. The zero-order valence-electron chi connectivity index (χ0n) is 16.2. The van der Waals surface area contributed by atoms with Gasteiger partial charge >= 0.3 is 0 Å². The summed E-state index contributed by atoms with van der Waals surface area (Å²) in [4.78, 5) is 22.7. The first-order chi connectivity index (χ1) is 12.3. The van der Waals surface area contributed by atoms with Gasteiger partial charge in [-0.1, -0.05) is 20.8 Å². The molecule has 0 N–H and O–H groups in total. The van der Waals surface area contributed by atoms with Crippen LogP contribution in [-0.4, -0.2) is 57.3 Å². The van der Waals surface area contributed by atoms with Gasteiger partial charge in [-0.05, 0) is 13.0 Å². The number of thiazole rings is 1. The van der Waals surface area contributed by atoms with Crippen LogP contribution >= 0.6 is 11.3 Å². The number of aromatic nitrogens is 3. The third-order valence-electron chi connectivity index (χ3n) is 4.78. The van der Waals surface area contributed by atoms with Crippen molar-refractivity contribution in [1.82, 2.24) is 24.6 Å². The predicted molar refractivity (Wildman–Crippen MR) is 106 cm³/mol. The first-order valence-electron chi connectivity index (χ1n) is 9.26. The van der Waals surface area contributed by atoms with E-state index in [2.05, 4.69) is 47.6 Å². The van der Waals surface area contributed by atoms with Crippen LogP contribution in [0.2, 0.25) is 0 Å². The Morgan fingerprint density at radius 3 is 2.38 bits per heavy atom. The summed E-state index contributed by atoms with van der Waals surface area (Å²) < 4.78 is 1.62. The van der Waals surface area contributed by atoms with E-state index < -0.39 is 0 Å². The minimum Gasteiger partial charge on any atom is -0.299 e. The summed E-state index contributed by atoms with van der Waals surface area (Å²) in [5.74, 6) is 0. The van der Waals surface area contributed by atoms with Gasteiger partial charge in [-0.25, -0.2) is 9.67 Å². The zero-order chi connectivity index (χ0) is 18.7. The number of hydrogen-bond acceptors (Lipinski definition) is 6. The third-order valence-corrected chi connectivity index (χ3v) is 5.67. The Labute approximate surface area is 159 Å². The van der Waals surface area contributed by atoms with E-state index >= 15 is 0 Å². The molecule has 0 radical (unpaired) electrons. The molecule has 26 heavy (non-hydrogen) atoms. The quantitative estimate of drug-likeness (QED) is 0.801. The van der Waals surface area contributed by atoms with E-state index in [0.717, 1.165) is 50.0 Å². The van der Waals surface area contributed by atoms with Crippen LogP contribution in [0.25, 0.3) is 0 Å². The highest BCUT2D eigenvalue weighted by molar-refractivity contribution is 7.11. The summed E-state index contributed by atoms with van der Waals surface area (Å²) in [6.07, 6.45) is 1.99. The van der Waals surface area contributed by atoms with Crippen molar-refractivity contribution in [1.29, 1.82) is 0 Å². The Bertz CT molecular complexity index is 784. The fraction of sp³-hybridized carbons (Fsp3) is 0.632. The molecule has 1 saturated heterocycles. The molecular formula is C19H29N5OS. The molecule has 0 aliphatic carbocycles. The van der Waals surface area contributed by atoms with E-state index in [1.165, 1.54) is 4.88 Å². The monoisotopic (exact) mass is 375 g/mol. The summed E-state index contributed by atoms with van der Waals surface area (Å²) in [6, 6.07) is 3.49. The van der Waals surface area contributed by atoms with E-state index in [-0.39, 0.29) is 11.0 Å². The molecule has 3 heterocycles. The lowest BCUT2D eigenvalue weighted by Gasteiger charge is -2.34. The lowest BCUT2D eigenvalue weighted by molar-refractivity contribution is 0.123. The summed E-state index contributed by atoms with van der Waals surface area (Å²) in [7, 11) is 0. The number of piperazine rings is 1. The van der Waals surface area contributed by atoms with Crippen LogP contribution in [0.4, 0.5) is 0 Å². The zero-order valence-corrected chi connectivity index (χ0v) is 17.1. The van der Waals surface area contributed by atoms with Gasteiger partial charge in [0.15, 0.2) is 0 Å². The van der Waals surface area contributed by atoms with Crippen LogP contribution in [-0.2, 0) is 18.5 Å². The van der Waals surface area contributed by atoms with Gasteiger partial charge in [0.1, 0.15) is 0 Å². The number of aryl methyl sites for hydroxylation is 1. The maximum atomic E-state index is 12.1. The molecule has 0 bridgehead atoms. The molecule has 0 amide bonds. The van der Waals surface area contributed by atoms with Crippen LogP contribution < -0.4 is 5.56 Å². The second-order valence-corrected chi connectivity index (χ2v) is 9.31. The van der Waals surface area contributed by atoms with Crippen molar-refractivity contribution in [3.05, 3.63) is 44.3 Å². The molecule has 0 spiro atoms. The number of rotatable bonds is 5. The van der Waals surface area contributed by atoms with Gasteiger partial charge in [0, 0.05) is 61.8 Å². The normalized spacial score (nSPS) is 16.9. The molecule has 2 aromatic rings. The van der Waals surface area contributed by atoms with Crippen LogP contribution in [0.15, 0.2) is 23.1 Å². The van der Waals surface area contributed by atoms with Crippen molar-refractivity contribution in [2.24, 2.45) is 0 Å². The van der Waals surface area contributed by atoms with E-state index in [1.807, 2.05) is 12.3 Å². The smallest absolute Gasteiger partial charge is 0.266 e. The van der Waals surface area contributed by atoms with Gasteiger partial charge in [-0.3, -0.25) is 14.6 Å². The van der Waals surface area contributed by atoms with Gasteiger partial charge < -0.3 is 0 Å². The maximum Gasteiger partial charge on any atom is 0.266 e. The lowest BCUT2D eigenvalue weighted by atomic mass is 9.92. The second kappa shape index (κ2) is 7.98. The fourth-order valence-corrected chi connectivity index (χ4v) is 3.95. The van der Waals surface area contributed by atoms with Crippen molar-refractivity contribution >= 4 is 11.3 Å². The molecule has 1 aliphatic heterocycles. The number of nitrogens with zero attached hydrogens (tertiary/aromatic N) is 5. The molecular weight excluding hydrogens is 346 g/mol. The topological polar surface area (TPSA) is 54.3 Å². The highest BCUT2D eigenvalue weighted by Gasteiger charge is 2.19. The van der Waals surface area contributed by atoms with Crippen LogP contribution in [0.1, 0.15) is 36.3 Å². The van der Waals surface area contributed by atoms with Crippen molar-refractivity contribution in [3.63, 3.8) is 0 Å². The second-order valence-electron chi connectivity index (χ2n) is 7.99. The van der Waals surface area contributed by atoms with Crippen molar-refractivity contribution in [3.8, 4) is 0 Å². The first-order valence-corrected chi connectivity index (χ1v) is 10.1. The largest absolute Gasteiger partial charge is 0.299 e. The van der Waals surface area contributed by atoms with Crippen molar-refractivity contribution < 1.29 is 0 Å². The van der Waals surface area contributed by atoms with Crippen molar-refractivity contribution in [2.75, 3.05) is 32.7 Å². The SMILES string of the molecule is Cc1ncc(CN2CCN(CCn3nc(C(C)(C)C)ccc3=O)CC2)s1. The highest BCUT2D eigenvalue weighted by Crippen LogP contribution is 2.18. The molecule has 1 fully saturated rings. The standard InChI is InChI=1S/C19H29N5OS/c1-15-20-13-16(26-15)14-23-9-7-22(8-10-23)11-12-24-18(25)6-5-17(21-24)19(2,3)4/h5-6,13H,7-12,14H2,1-4H3. The van der Waals surface area contributed by atoms with Gasteiger partial charge in [-0.15, -0.1) is 11.3 Å². The minimum atomic E-state index is -0.0456. The Morgan fingerprint density at radius 1 is 1.08 bits per heavy atom. The lowest BCUT2D eigenvalue weighted by Crippen LogP contribution is -2.47. The van der Waals surface area contributed by atoms with Crippen LogP contribution in [0, 0.1) is 6.92 Å². The van der Waals surface area contributed by atoms with E-state index in [0.29, 0.717) is 6.54 Å². The third kappa shape index (κ3) is 4.99. The Hall–Kier alpha value is -1.57. The molecule has 0 saturated carbocycles. The van der Waals surface area contributed by atoms with Gasteiger partial charge in [0.2, 0.25) is 0 Å². The first kappa shape index (κ1) is 19.2. The minimum absolute atomic E-state index is 0.0165. The summed E-state index contributed by atoms with van der Waals surface area (Å²) in [6.45, 7) is 15.1. The van der Waals surface area contributed by atoms with Crippen LogP contribution in [0.3, 0.4) is 0 Å². The summed E-state index contributed by atoms with van der Waals surface area (Å²) in [5, 5.41) is 5.70. The molecule has 0 aromatic carbocycles. The average molecular weight is 376 g/mol. The predicted octanol–water partition coefficient (Wildman–Crippen LogP) is 2.12. The van der Waals surface area contributed by atoms with E-state index in [9.17, 15) is 4.79 Å². The molecule has 2 aromatic heterocycles. The van der Waals surface area contributed by atoms with Gasteiger partial charge in [0.05, 0.1) is 17.2 Å². The number of hydrogen-bond donors (Lipinski definition) is 0. The molecule has 142 valence electrons. The molecule has 0 atom stereocenters. The average Bonchev–Trinajstić information content (AvgIpc) is 2.99. The highest BCUT2D eigenvalue weighted by atomic mass is 32.1. The van der Waals surface area contributed by atoms with Crippen LogP contribution in [0.5, 0.6) is 0 Å². The Morgan fingerprint density at radius 2 is 1.77 bits per heavy atom. The maximum absolute atomic E-state index is 12.1. The molecule has 7 heteroatoms. The fourth-order valence-electron chi connectivity index (χ4n) is 3.12. The van der Waals surface area contributed by atoms with E-state index in [4.69, 9.17) is 0 Å². The summed E-state index contributed by atoms with van der Waals surface area (Å²) >= 11 is 1.78. The summed E-state index contributed by atoms with van der Waals surface area (Å²) in [5.41, 5.74) is 0.898. The molecule has 1 aliphatic rings. The van der Waals surface area contributed by atoms with Crippen molar-refractivity contribution in [2.45, 2.75) is 46.2 Å². The molecule has 0 unspecified atom stereocenters. The molecule has 6 nitrogen and oxygen atoms in total. The van der Waals surface area contributed by atoms with E-state index in [1.54, 1.807) is 22.1 Å².